The van der Waals surface area contributed by atoms with Crippen molar-refractivity contribution in [1.29, 1.82) is 0 Å². The molecule has 0 fully saturated rings. The van der Waals surface area contributed by atoms with Gasteiger partial charge in [-0.15, -0.1) is 0 Å². The van der Waals surface area contributed by atoms with Crippen LogP contribution >= 0.6 is 23.2 Å². The predicted octanol–water partition coefficient (Wildman–Crippen LogP) is 4.18. The van der Waals surface area contributed by atoms with Crippen LogP contribution in [0.2, 0.25) is 10.2 Å². The molecular formula is C20H27Cl2N5O. The van der Waals surface area contributed by atoms with Crippen molar-refractivity contribution in [3.05, 3.63) is 51.8 Å². The van der Waals surface area contributed by atoms with Crippen LogP contribution in [-0.2, 0) is 24.9 Å². The first-order valence-electron chi connectivity index (χ1n) is 9.13. The zero-order valence-corrected chi connectivity index (χ0v) is 18.2. The molecule has 2 rings (SSSR count). The van der Waals surface area contributed by atoms with Gasteiger partial charge in [0.15, 0.2) is 5.96 Å². The molecule has 6 nitrogen and oxygen atoms in total. The molecule has 0 bridgehead atoms. The van der Waals surface area contributed by atoms with E-state index in [1.54, 1.807) is 7.05 Å². The van der Waals surface area contributed by atoms with Crippen LogP contribution in [0.15, 0.2) is 35.3 Å². The Morgan fingerprint density at radius 2 is 1.89 bits per heavy atom. The van der Waals surface area contributed by atoms with Crippen molar-refractivity contribution in [2.75, 3.05) is 12.4 Å². The van der Waals surface area contributed by atoms with Crippen LogP contribution in [0.5, 0.6) is 0 Å². The van der Waals surface area contributed by atoms with E-state index in [0.29, 0.717) is 41.6 Å². The third kappa shape index (κ3) is 6.46. The zero-order chi connectivity index (χ0) is 20.7. The van der Waals surface area contributed by atoms with E-state index in [1.165, 1.54) is 0 Å². The highest BCUT2D eigenvalue weighted by Crippen LogP contribution is 2.24. The van der Waals surface area contributed by atoms with Crippen molar-refractivity contribution < 1.29 is 4.79 Å². The SMILES string of the molecule is CN=C(NCc1cccc(NC(=O)CC(C)C)c1)NCc1cc(Cl)c(Cl)n1C. The van der Waals surface area contributed by atoms with Crippen LogP contribution in [-0.4, -0.2) is 23.5 Å². The molecule has 1 amide bonds. The minimum Gasteiger partial charge on any atom is -0.352 e. The maximum absolute atomic E-state index is 11.9. The average molecular weight is 424 g/mol. The second-order valence-electron chi connectivity index (χ2n) is 6.96. The summed E-state index contributed by atoms with van der Waals surface area (Å²) in [6, 6.07) is 9.59. The Morgan fingerprint density at radius 3 is 2.50 bits per heavy atom. The molecule has 0 saturated heterocycles. The molecule has 1 aromatic carbocycles. The number of aliphatic imine (C=N–C) groups is 1. The third-order valence-corrected chi connectivity index (χ3v) is 4.98. The molecule has 1 aromatic heterocycles. The van der Waals surface area contributed by atoms with Crippen molar-refractivity contribution in [3.63, 3.8) is 0 Å². The van der Waals surface area contributed by atoms with Gasteiger partial charge in [0.1, 0.15) is 5.15 Å². The van der Waals surface area contributed by atoms with Gasteiger partial charge in [-0.3, -0.25) is 9.79 Å². The predicted molar refractivity (Wildman–Crippen MR) is 117 cm³/mol. The summed E-state index contributed by atoms with van der Waals surface area (Å²) in [6.45, 7) is 5.15. The van der Waals surface area contributed by atoms with Gasteiger partial charge < -0.3 is 20.5 Å². The Hall–Kier alpha value is -2.18. The van der Waals surface area contributed by atoms with Crippen LogP contribution in [0.25, 0.3) is 0 Å². The van der Waals surface area contributed by atoms with E-state index in [-0.39, 0.29) is 5.91 Å². The Kier molecular flexibility index (Phi) is 8.20. The van der Waals surface area contributed by atoms with E-state index >= 15 is 0 Å². The molecule has 0 saturated carbocycles. The van der Waals surface area contributed by atoms with Crippen LogP contribution < -0.4 is 16.0 Å². The smallest absolute Gasteiger partial charge is 0.224 e. The van der Waals surface area contributed by atoms with Gasteiger partial charge in [-0.1, -0.05) is 49.2 Å². The minimum absolute atomic E-state index is 0.0254. The lowest BCUT2D eigenvalue weighted by Gasteiger charge is -2.13. The third-order valence-electron chi connectivity index (χ3n) is 4.14. The fourth-order valence-corrected chi connectivity index (χ4v) is 3.10. The maximum atomic E-state index is 11.9. The number of rotatable bonds is 7. The average Bonchev–Trinajstić information content (AvgIpc) is 2.88. The van der Waals surface area contributed by atoms with Gasteiger partial charge in [-0.05, 0) is 29.7 Å². The summed E-state index contributed by atoms with van der Waals surface area (Å²) in [5.74, 6) is 1.01. The van der Waals surface area contributed by atoms with Gasteiger partial charge in [0.25, 0.3) is 0 Å². The number of carbonyl (C=O) groups is 1. The number of nitrogens with zero attached hydrogens (tertiary/aromatic N) is 2. The summed E-state index contributed by atoms with van der Waals surface area (Å²) < 4.78 is 1.83. The lowest BCUT2D eigenvalue weighted by Crippen LogP contribution is -2.36. The Morgan fingerprint density at radius 1 is 1.18 bits per heavy atom. The van der Waals surface area contributed by atoms with Crippen LogP contribution in [0.1, 0.15) is 31.5 Å². The highest BCUT2D eigenvalue weighted by molar-refractivity contribution is 6.41. The monoisotopic (exact) mass is 423 g/mol. The number of aromatic nitrogens is 1. The summed E-state index contributed by atoms with van der Waals surface area (Å²) in [6.07, 6.45) is 0.506. The second-order valence-corrected chi connectivity index (χ2v) is 7.72. The normalized spacial score (nSPS) is 11.6. The first-order valence-corrected chi connectivity index (χ1v) is 9.88. The van der Waals surface area contributed by atoms with Crippen LogP contribution in [0, 0.1) is 5.92 Å². The topological polar surface area (TPSA) is 70.4 Å². The summed E-state index contributed by atoms with van der Waals surface area (Å²) in [7, 11) is 3.57. The second kappa shape index (κ2) is 10.4. The number of benzene rings is 1. The van der Waals surface area contributed by atoms with Gasteiger partial charge in [0, 0.05) is 38.4 Å². The Labute approximate surface area is 176 Å². The molecule has 8 heteroatoms. The Bertz CT molecular complexity index is 845. The summed E-state index contributed by atoms with van der Waals surface area (Å²) >= 11 is 12.1. The fraction of sp³-hybridized carbons (Fsp3) is 0.400. The van der Waals surface area contributed by atoms with Crippen molar-refractivity contribution in [2.45, 2.75) is 33.4 Å². The molecule has 152 valence electrons. The zero-order valence-electron chi connectivity index (χ0n) is 16.6. The number of halogens is 2. The first kappa shape index (κ1) is 22.1. The molecule has 2 aromatic rings. The standard InChI is InChI=1S/C20H27Cl2N5O/c1-13(2)8-18(28)26-15-7-5-6-14(9-15)11-24-20(23-3)25-12-16-10-17(21)19(22)27(16)4/h5-7,9-10,13H,8,11-12H2,1-4H3,(H,26,28)(H2,23,24,25). The van der Waals surface area contributed by atoms with Gasteiger partial charge in [-0.25, -0.2) is 0 Å². The van der Waals surface area contributed by atoms with Gasteiger partial charge in [-0.2, -0.15) is 0 Å². The molecule has 0 aliphatic heterocycles. The van der Waals surface area contributed by atoms with Crippen molar-refractivity contribution in [3.8, 4) is 0 Å². The molecule has 3 N–H and O–H groups in total. The lowest BCUT2D eigenvalue weighted by molar-refractivity contribution is -0.116. The number of guanidine groups is 1. The molecule has 0 unspecified atom stereocenters. The van der Waals surface area contributed by atoms with Gasteiger partial charge >= 0.3 is 0 Å². The summed E-state index contributed by atoms with van der Waals surface area (Å²) in [5.41, 5.74) is 2.78. The van der Waals surface area contributed by atoms with E-state index in [4.69, 9.17) is 23.2 Å². The van der Waals surface area contributed by atoms with E-state index in [1.807, 2.05) is 55.8 Å². The van der Waals surface area contributed by atoms with Crippen LogP contribution in [0.4, 0.5) is 5.69 Å². The van der Waals surface area contributed by atoms with E-state index in [9.17, 15) is 4.79 Å². The highest BCUT2D eigenvalue weighted by atomic mass is 35.5. The minimum atomic E-state index is 0.0254. The molecule has 0 atom stereocenters. The number of amides is 1. The number of carbonyl (C=O) groups excluding carboxylic acids is 1. The van der Waals surface area contributed by atoms with E-state index in [2.05, 4.69) is 20.9 Å². The Balaban J connectivity index is 1.90. The summed E-state index contributed by atoms with van der Waals surface area (Å²) in [4.78, 5) is 16.2. The van der Waals surface area contributed by atoms with Crippen LogP contribution in [0.3, 0.4) is 0 Å². The number of hydrogen-bond donors (Lipinski definition) is 3. The number of anilines is 1. The van der Waals surface area contributed by atoms with Crippen molar-refractivity contribution in [1.82, 2.24) is 15.2 Å². The molecule has 0 aliphatic carbocycles. The molecule has 0 radical (unpaired) electrons. The molecule has 28 heavy (non-hydrogen) atoms. The summed E-state index contributed by atoms with van der Waals surface area (Å²) in [5, 5.41) is 10.5. The van der Waals surface area contributed by atoms with Gasteiger partial charge in [0.05, 0.1) is 11.6 Å². The number of nitrogens with one attached hydrogen (secondary N) is 3. The van der Waals surface area contributed by atoms with E-state index in [0.717, 1.165) is 16.9 Å². The number of hydrogen-bond acceptors (Lipinski definition) is 2. The molecule has 0 spiro atoms. The van der Waals surface area contributed by atoms with Gasteiger partial charge in [0.2, 0.25) is 5.91 Å². The highest BCUT2D eigenvalue weighted by Gasteiger charge is 2.09. The van der Waals surface area contributed by atoms with Crippen molar-refractivity contribution >= 4 is 40.8 Å². The van der Waals surface area contributed by atoms with Crippen molar-refractivity contribution in [2.24, 2.45) is 18.0 Å². The quantitative estimate of drug-likeness (QED) is 0.461. The maximum Gasteiger partial charge on any atom is 0.224 e. The van der Waals surface area contributed by atoms with E-state index < -0.39 is 0 Å². The molecule has 1 heterocycles. The fourth-order valence-electron chi connectivity index (χ4n) is 2.68. The first-order chi connectivity index (χ1) is 13.3. The molecule has 0 aliphatic rings. The largest absolute Gasteiger partial charge is 0.352 e. The molecular weight excluding hydrogens is 397 g/mol. The lowest BCUT2D eigenvalue weighted by atomic mass is 10.1.